The Morgan fingerprint density at radius 1 is 1.62 bits per heavy atom. The van der Waals surface area contributed by atoms with Gasteiger partial charge in [-0.25, -0.2) is 4.79 Å². The molecule has 2 heterocycles. The molecule has 0 bridgehead atoms. The van der Waals surface area contributed by atoms with Crippen molar-refractivity contribution >= 4 is 23.5 Å². The van der Waals surface area contributed by atoms with Crippen molar-refractivity contribution in [2.75, 3.05) is 12.9 Å². The minimum Gasteiger partial charge on any atom is -0.466 e. The molecule has 2 aliphatic rings. The third-order valence-electron chi connectivity index (χ3n) is 2.68. The molecular formula is C11H13NO3S. The summed E-state index contributed by atoms with van der Waals surface area (Å²) in [6.07, 6.45) is 2.13. The Labute approximate surface area is 98.1 Å². The summed E-state index contributed by atoms with van der Waals surface area (Å²) in [5, 5.41) is 4.03. The van der Waals surface area contributed by atoms with Crippen LogP contribution >= 0.6 is 11.8 Å². The number of rotatable bonds is 1. The highest BCUT2D eigenvalue weighted by molar-refractivity contribution is 8.04. The maximum Gasteiger partial charge on any atom is 0.332 e. The molecular weight excluding hydrogens is 226 g/mol. The van der Waals surface area contributed by atoms with Crippen LogP contribution in [0.25, 0.3) is 0 Å². The summed E-state index contributed by atoms with van der Waals surface area (Å²) in [5.74, 6) is 0.521. The molecule has 2 rings (SSSR count). The average molecular weight is 239 g/mol. The van der Waals surface area contributed by atoms with Crippen LogP contribution in [0.1, 0.15) is 13.3 Å². The lowest BCUT2D eigenvalue weighted by atomic mass is 9.91. The zero-order chi connectivity index (χ0) is 11.7. The van der Waals surface area contributed by atoms with Gasteiger partial charge in [0, 0.05) is 17.3 Å². The molecule has 0 saturated carbocycles. The van der Waals surface area contributed by atoms with E-state index in [2.05, 4.69) is 10.1 Å². The van der Waals surface area contributed by atoms with E-state index >= 15 is 0 Å². The fourth-order valence-electron chi connectivity index (χ4n) is 1.95. The van der Waals surface area contributed by atoms with Crippen LogP contribution in [-0.2, 0) is 14.3 Å². The van der Waals surface area contributed by atoms with Gasteiger partial charge < -0.3 is 10.1 Å². The predicted molar refractivity (Wildman–Crippen MR) is 61.5 cm³/mol. The van der Waals surface area contributed by atoms with Crippen LogP contribution in [0, 0.1) is 5.92 Å². The Morgan fingerprint density at radius 2 is 2.38 bits per heavy atom. The van der Waals surface area contributed by atoms with Crippen molar-refractivity contribution in [3.63, 3.8) is 0 Å². The fraction of sp³-hybridized carbons (Fsp3) is 0.455. The van der Waals surface area contributed by atoms with E-state index in [1.54, 1.807) is 0 Å². The highest BCUT2D eigenvalue weighted by atomic mass is 32.2. The second kappa shape index (κ2) is 4.33. The first-order valence-electron chi connectivity index (χ1n) is 5.07. The Kier molecular flexibility index (Phi) is 3.05. The molecule has 0 aliphatic carbocycles. The van der Waals surface area contributed by atoms with Gasteiger partial charge in [0.2, 0.25) is 0 Å². The Morgan fingerprint density at radius 3 is 3.06 bits per heavy atom. The molecule has 0 aromatic heterocycles. The maximum absolute atomic E-state index is 11.6. The third kappa shape index (κ3) is 2.00. The van der Waals surface area contributed by atoms with Crippen molar-refractivity contribution in [2.24, 2.45) is 5.92 Å². The summed E-state index contributed by atoms with van der Waals surface area (Å²) in [6.45, 7) is 2.01. The third-order valence-corrected chi connectivity index (χ3v) is 3.70. The van der Waals surface area contributed by atoms with Gasteiger partial charge in [-0.1, -0.05) is 18.7 Å². The summed E-state index contributed by atoms with van der Waals surface area (Å²) in [6, 6.07) is 0. The molecule has 4 nitrogen and oxygen atoms in total. The summed E-state index contributed by atoms with van der Waals surface area (Å²) >= 11 is 1.50. The lowest BCUT2D eigenvalue weighted by molar-refractivity contribution is -0.134. The molecule has 0 radical (unpaired) electrons. The van der Waals surface area contributed by atoms with Crippen molar-refractivity contribution in [1.29, 1.82) is 0 Å². The van der Waals surface area contributed by atoms with E-state index in [1.807, 2.05) is 6.92 Å². The molecule has 86 valence electrons. The maximum atomic E-state index is 11.6. The van der Waals surface area contributed by atoms with Crippen molar-refractivity contribution in [3.8, 4) is 0 Å². The normalized spacial score (nSPS) is 26.8. The van der Waals surface area contributed by atoms with Gasteiger partial charge in [-0.2, -0.15) is 0 Å². The van der Waals surface area contributed by atoms with Gasteiger partial charge in [0.15, 0.2) is 5.78 Å². The van der Waals surface area contributed by atoms with Gasteiger partial charge in [-0.05, 0) is 12.3 Å². The van der Waals surface area contributed by atoms with E-state index < -0.39 is 0 Å². The molecule has 0 saturated heterocycles. The van der Waals surface area contributed by atoms with Crippen molar-refractivity contribution in [1.82, 2.24) is 5.32 Å². The van der Waals surface area contributed by atoms with Gasteiger partial charge in [0.1, 0.15) is 0 Å². The summed E-state index contributed by atoms with van der Waals surface area (Å²) < 4.78 is 4.58. The van der Waals surface area contributed by atoms with Gasteiger partial charge >= 0.3 is 5.97 Å². The molecule has 1 N–H and O–H groups in total. The van der Waals surface area contributed by atoms with E-state index in [4.69, 9.17) is 0 Å². The molecule has 2 aliphatic heterocycles. The summed E-state index contributed by atoms with van der Waals surface area (Å²) in [5.41, 5.74) is 1.70. The number of hydrogen-bond donors (Lipinski definition) is 1. The summed E-state index contributed by atoms with van der Waals surface area (Å²) in [7, 11) is 1.35. The second-order valence-electron chi connectivity index (χ2n) is 3.88. The topological polar surface area (TPSA) is 55.4 Å². The Bertz CT molecular complexity index is 411. The lowest BCUT2D eigenvalue weighted by Gasteiger charge is -2.23. The quantitative estimate of drug-likeness (QED) is 0.550. The average Bonchev–Trinajstić information content (AvgIpc) is 2.60. The number of carbonyl (C=O) groups excluding carboxylic acids is 2. The van der Waals surface area contributed by atoms with Crippen molar-refractivity contribution < 1.29 is 14.3 Å². The Hall–Kier alpha value is -1.23. The molecule has 0 aromatic rings. The van der Waals surface area contributed by atoms with Gasteiger partial charge in [0.25, 0.3) is 0 Å². The number of ketones is 1. The van der Waals surface area contributed by atoms with Gasteiger partial charge in [-0.15, -0.1) is 0 Å². The molecule has 0 unspecified atom stereocenters. The molecule has 1 atom stereocenters. The van der Waals surface area contributed by atoms with E-state index in [9.17, 15) is 9.59 Å². The van der Waals surface area contributed by atoms with Gasteiger partial charge in [-0.3, -0.25) is 4.79 Å². The Balaban J connectivity index is 2.22. The first-order valence-corrected chi connectivity index (χ1v) is 6.06. The molecule has 0 aromatic carbocycles. The van der Waals surface area contributed by atoms with Crippen LogP contribution < -0.4 is 5.32 Å². The first kappa shape index (κ1) is 11.3. The minimum atomic E-state index is -0.368. The molecule has 0 fully saturated rings. The monoisotopic (exact) mass is 239 g/mol. The highest BCUT2D eigenvalue weighted by Crippen LogP contribution is 2.38. The molecule has 0 amide bonds. The second-order valence-corrected chi connectivity index (χ2v) is 4.86. The zero-order valence-corrected chi connectivity index (χ0v) is 10.0. The van der Waals surface area contributed by atoms with Crippen LogP contribution in [0.15, 0.2) is 22.4 Å². The number of ether oxygens (including phenoxy) is 1. The highest BCUT2D eigenvalue weighted by Gasteiger charge is 2.32. The standard InChI is InChI=1S/C11H13NO3S/c1-6-3-7(4-9(14)15-2)12-11-10(6)8(13)5-16-11/h4,6,12H,3,5H2,1-2H3/b7-4+/t6-/m0/s1. The van der Waals surface area contributed by atoms with Gasteiger partial charge in [0.05, 0.1) is 17.9 Å². The minimum absolute atomic E-state index is 0.176. The first-order chi connectivity index (χ1) is 7.61. The van der Waals surface area contributed by atoms with Crippen LogP contribution in [0.2, 0.25) is 0 Å². The number of carbonyl (C=O) groups is 2. The molecule has 16 heavy (non-hydrogen) atoms. The number of thioether (sulfide) groups is 1. The molecule has 0 spiro atoms. The van der Waals surface area contributed by atoms with Crippen LogP contribution in [0.5, 0.6) is 0 Å². The number of allylic oxidation sites excluding steroid dienone is 2. The number of nitrogens with one attached hydrogen (secondary N) is 1. The largest absolute Gasteiger partial charge is 0.466 e. The van der Waals surface area contributed by atoms with E-state index in [1.165, 1.54) is 24.9 Å². The summed E-state index contributed by atoms with van der Waals surface area (Å²) in [4.78, 5) is 22.7. The van der Waals surface area contributed by atoms with E-state index in [0.29, 0.717) is 12.2 Å². The fourth-order valence-corrected chi connectivity index (χ4v) is 3.05. The van der Waals surface area contributed by atoms with E-state index in [0.717, 1.165) is 16.3 Å². The van der Waals surface area contributed by atoms with E-state index in [-0.39, 0.29) is 17.7 Å². The van der Waals surface area contributed by atoms with Crippen LogP contribution in [0.4, 0.5) is 0 Å². The van der Waals surface area contributed by atoms with Crippen LogP contribution in [-0.4, -0.2) is 24.6 Å². The van der Waals surface area contributed by atoms with Crippen LogP contribution in [0.3, 0.4) is 0 Å². The zero-order valence-electron chi connectivity index (χ0n) is 9.20. The number of methoxy groups -OCH3 is 1. The van der Waals surface area contributed by atoms with Crippen molar-refractivity contribution in [2.45, 2.75) is 13.3 Å². The SMILES string of the molecule is COC(=O)/C=C1\C[C@H](C)C2=C(N1)SCC2=O. The number of hydrogen-bond acceptors (Lipinski definition) is 5. The number of esters is 1. The lowest BCUT2D eigenvalue weighted by Crippen LogP contribution is -2.24. The predicted octanol–water partition coefficient (Wildman–Crippen LogP) is 1.20. The van der Waals surface area contributed by atoms with Crippen molar-refractivity contribution in [3.05, 3.63) is 22.4 Å². The number of Topliss-reactive ketones (excluding diaryl/α,β-unsaturated/α-hetero) is 1. The smallest absolute Gasteiger partial charge is 0.332 e. The molecule has 5 heteroatoms.